The van der Waals surface area contributed by atoms with Gasteiger partial charge in [-0.2, -0.15) is 0 Å². The van der Waals surface area contributed by atoms with Gasteiger partial charge >= 0.3 is 0 Å². The zero-order valence-corrected chi connectivity index (χ0v) is 16.8. The molecule has 0 radical (unpaired) electrons. The standard InChI is InChI=1S/C23H34O2/c1-16-12-18(24-6)14-19(13-16)25-15-20-17(2)8-9-21-22(3,4)10-7-11-23(20,21)5/h8,12-14,20-21H,7,9-11,15H2,1-6H3/t20-,21-,23+/m0/s1. The van der Waals surface area contributed by atoms with Crippen molar-refractivity contribution in [2.75, 3.05) is 13.7 Å². The second kappa shape index (κ2) is 6.70. The van der Waals surface area contributed by atoms with Gasteiger partial charge in [0.1, 0.15) is 11.5 Å². The molecule has 1 aromatic rings. The Kier molecular flexibility index (Phi) is 4.92. The monoisotopic (exact) mass is 342 g/mol. The lowest BCUT2D eigenvalue weighted by atomic mass is 9.49. The molecule has 0 spiro atoms. The van der Waals surface area contributed by atoms with Crippen LogP contribution in [0, 0.1) is 29.6 Å². The van der Waals surface area contributed by atoms with Crippen molar-refractivity contribution in [2.24, 2.45) is 22.7 Å². The van der Waals surface area contributed by atoms with E-state index < -0.39 is 0 Å². The Labute approximate surface area is 153 Å². The highest BCUT2D eigenvalue weighted by Gasteiger charge is 2.52. The molecule has 0 aromatic heterocycles. The highest BCUT2D eigenvalue weighted by atomic mass is 16.5. The molecule has 2 aliphatic rings. The van der Waals surface area contributed by atoms with Crippen LogP contribution in [0.25, 0.3) is 0 Å². The van der Waals surface area contributed by atoms with Crippen LogP contribution < -0.4 is 9.47 Å². The van der Waals surface area contributed by atoms with E-state index in [-0.39, 0.29) is 0 Å². The first kappa shape index (κ1) is 18.4. The number of ether oxygens (including phenoxy) is 2. The number of benzene rings is 1. The highest BCUT2D eigenvalue weighted by molar-refractivity contribution is 5.37. The Hall–Kier alpha value is -1.44. The minimum atomic E-state index is 0.342. The first-order valence-corrected chi connectivity index (χ1v) is 9.71. The Bertz CT molecular complexity index is 658. The van der Waals surface area contributed by atoms with E-state index in [1.165, 1.54) is 36.8 Å². The molecule has 3 rings (SSSR count). The van der Waals surface area contributed by atoms with Crippen LogP contribution >= 0.6 is 0 Å². The van der Waals surface area contributed by atoms with Gasteiger partial charge in [-0.15, -0.1) is 0 Å². The molecular weight excluding hydrogens is 308 g/mol. The fourth-order valence-corrected chi connectivity index (χ4v) is 5.55. The quantitative estimate of drug-likeness (QED) is 0.608. The summed E-state index contributed by atoms with van der Waals surface area (Å²) in [4.78, 5) is 0. The van der Waals surface area contributed by atoms with Gasteiger partial charge in [0.05, 0.1) is 13.7 Å². The van der Waals surface area contributed by atoms with Crippen molar-refractivity contribution in [3.8, 4) is 11.5 Å². The Morgan fingerprint density at radius 2 is 1.76 bits per heavy atom. The summed E-state index contributed by atoms with van der Waals surface area (Å²) >= 11 is 0. The summed E-state index contributed by atoms with van der Waals surface area (Å²) in [5.74, 6) is 3.04. The highest BCUT2D eigenvalue weighted by Crippen LogP contribution is 2.59. The molecule has 1 saturated carbocycles. The molecular formula is C23H34O2. The van der Waals surface area contributed by atoms with Crippen molar-refractivity contribution in [1.82, 2.24) is 0 Å². The van der Waals surface area contributed by atoms with Crippen LogP contribution in [0.3, 0.4) is 0 Å². The lowest BCUT2D eigenvalue weighted by Gasteiger charge is -2.56. The minimum Gasteiger partial charge on any atom is -0.497 e. The summed E-state index contributed by atoms with van der Waals surface area (Å²) in [6.07, 6.45) is 7.71. The van der Waals surface area contributed by atoms with Crippen molar-refractivity contribution in [2.45, 2.75) is 60.3 Å². The first-order valence-electron chi connectivity index (χ1n) is 9.71. The van der Waals surface area contributed by atoms with Gasteiger partial charge in [0, 0.05) is 12.0 Å². The number of methoxy groups -OCH3 is 1. The molecule has 0 saturated heterocycles. The number of rotatable bonds is 4. The lowest BCUT2D eigenvalue weighted by Crippen LogP contribution is -2.50. The van der Waals surface area contributed by atoms with Gasteiger partial charge in [0.15, 0.2) is 0 Å². The third-order valence-corrected chi connectivity index (χ3v) is 6.97. The van der Waals surface area contributed by atoms with E-state index in [2.05, 4.69) is 46.8 Å². The molecule has 2 aliphatic carbocycles. The number of hydrogen-bond acceptors (Lipinski definition) is 2. The zero-order valence-electron chi connectivity index (χ0n) is 16.8. The van der Waals surface area contributed by atoms with Crippen molar-refractivity contribution in [3.63, 3.8) is 0 Å². The summed E-state index contributed by atoms with van der Waals surface area (Å²) in [6, 6.07) is 6.15. The SMILES string of the molecule is COc1cc(C)cc(OC[C@H]2C(C)=CC[C@H]3C(C)(C)CCC[C@]23C)c1. The molecule has 3 atom stereocenters. The van der Waals surface area contributed by atoms with Gasteiger partial charge < -0.3 is 9.47 Å². The van der Waals surface area contributed by atoms with Crippen LogP contribution in [0.15, 0.2) is 29.8 Å². The second-order valence-electron chi connectivity index (χ2n) is 9.13. The maximum absolute atomic E-state index is 6.30. The van der Waals surface area contributed by atoms with Gasteiger partial charge in [-0.05, 0) is 67.6 Å². The Morgan fingerprint density at radius 1 is 1.04 bits per heavy atom. The minimum absolute atomic E-state index is 0.342. The average molecular weight is 343 g/mol. The number of hydrogen-bond donors (Lipinski definition) is 0. The van der Waals surface area contributed by atoms with Crippen LogP contribution in [0.2, 0.25) is 0 Å². The van der Waals surface area contributed by atoms with Crippen molar-refractivity contribution >= 4 is 0 Å². The van der Waals surface area contributed by atoms with Gasteiger partial charge in [-0.1, -0.05) is 38.8 Å². The molecule has 0 unspecified atom stereocenters. The molecule has 0 aliphatic heterocycles. The van der Waals surface area contributed by atoms with Crippen molar-refractivity contribution in [3.05, 3.63) is 35.4 Å². The topological polar surface area (TPSA) is 18.5 Å². The molecule has 0 heterocycles. The average Bonchev–Trinajstić information content (AvgIpc) is 2.52. The fourth-order valence-electron chi connectivity index (χ4n) is 5.55. The van der Waals surface area contributed by atoms with E-state index in [1.54, 1.807) is 7.11 Å². The summed E-state index contributed by atoms with van der Waals surface area (Å²) in [5, 5.41) is 0. The Morgan fingerprint density at radius 3 is 2.48 bits per heavy atom. The number of allylic oxidation sites excluding steroid dienone is 1. The summed E-state index contributed by atoms with van der Waals surface area (Å²) < 4.78 is 11.7. The maximum atomic E-state index is 6.30. The van der Waals surface area contributed by atoms with Gasteiger partial charge in [0.2, 0.25) is 0 Å². The van der Waals surface area contributed by atoms with Gasteiger partial charge in [-0.3, -0.25) is 0 Å². The normalized spacial score (nSPS) is 31.0. The third-order valence-electron chi connectivity index (χ3n) is 6.97. The summed E-state index contributed by atoms with van der Waals surface area (Å²) in [5.41, 5.74) is 3.45. The van der Waals surface area contributed by atoms with Crippen LogP contribution in [-0.2, 0) is 0 Å². The first-order chi connectivity index (χ1) is 11.8. The number of aryl methyl sites for hydroxylation is 1. The second-order valence-corrected chi connectivity index (χ2v) is 9.13. The molecule has 1 aromatic carbocycles. The lowest BCUT2D eigenvalue weighted by molar-refractivity contribution is -0.0481. The predicted octanol–water partition coefficient (Wildman–Crippen LogP) is 6.18. The molecule has 2 nitrogen and oxygen atoms in total. The molecule has 138 valence electrons. The van der Waals surface area contributed by atoms with E-state index in [9.17, 15) is 0 Å². The van der Waals surface area contributed by atoms with Crippen molar-refractivity contribution in [1.29, 1.82) is 0 Å². The smallest absolute Gasteiger partial charge is 0.123 e. The third kappa shape index (κ3) is 3.45. The van der Waals surface area contributed by atoms with E-state index in [4.69, 9.17) is 9.47 Å². The summed E-state index contributed by atoms with van der Waals surface area (Å²) in [7, 11) is 1.71. The maximum Gasteiger partial charge on any atom is 0.123 e. The largest absolute Gasteiger partial charge is 0.497 e. The molecule has 0 bridgehead atoms. The van der Waals surface area contributed by atoms with Gasteiger partial charge in [0.25, 0.3) is 0 Å². The van der Waals surface area contributed by atoms with Crippen LogP contribution in [0.5, 0.6) is 11.5 Å². The van der Waals surface area contributed by atoms with E-state index in [0.29, 0.717) is 16.7 Å². The molecule has 0 N–H and O–H groups in total. The van der Waals surface area contributed by atoms with Crippen molar-refractivity contribution < 1.29 is 9.47 Å². The zero-order chi connectivity index (χ0) is 18.2. The van der Waals surface area contributed by atoms with E-state index in [0.717, 1.165) is 24.0 Å². The van der Waals surface area contributed by atoms with Crippen LogP contribution in [0.4, 0.5) is 0 Å². The molecule has 2 heteroatoms. The van der Waals surface area contributed by atoms with E-state index >= 15 is 0 Å². The Balaban J connectivity index is 1.82. The fraction of sp³-hybridized carbons (Fsp3) is 0.652. The predicted molar refractivity (Wildman–Crippen MR) is 104 cm³/mol. The van der Waals surface area contributed by atoms with E-state index in [1.807, 2.05) is 12.1 Å². The van der Waals surface area contributed by atoms with Gasteiger partial charge in [-0.25, -0.2) is 0 Å². The number of fused-ring (bicyclic) bond motifs is 1. The van der Waals surface area contributed by atoms with Crippen LogP contribution in [0.1, 0.15) is 58.9 Å². The molecule has 25 heavy (non-hydrogen) atoms. The molecule has 1 fully saturated rings. The molecule has 0 amide bonds. The van der Waals surface area contributed by atoms with Crippen LogP contribution in [-0.4, -0.2) is 13.7 Å². The summed E-state index contributed by atoms with van der Waals surface area (Å²) in [6.45, 7) is 12.6.